The van der Waals surface area contributed by atoms with Gasteiger partial charge in [0.15, 0.2) is 0 Å². The van der Waals surface area contributed by atoms with Gasteiger partial charge in [-0.05, 0) is 47.4 Å². The molecule has 1 N–H and O–H groups in total. The summed E-state index contributed by atoms with van der Waals surface area (Å²) < 4.78 is 0. The minimum atomic E-state index is -0.652. The van der Waals surface area contributed by atoms with E-state index in [1.165, 1.54) is 0 Å². The molecular weight excluding hydrogens is 455 g/mol. The first-order valence-electron chi connectivity index (χ1n) is 11.1. The Morgan fingerprint density at radius 3 is 2.21 bits per heavy atom. The Kier molecular flexibility index (Phi) is 9.35. The molecule has 0 heterocycles. The summed E-state index contributed by atoms with van der Waals surface area (Å²) in [6, 6.07) is 23.7. The third-order valence-corrected chi connectivity index (χ3v) is 5.82. The Morgan fingerprint density at radius 2 is 1.55 bits per heavy atom. The zero-order valence-corrected chi connectivity index (χ0v) is 20.1. The summed E-state index contributed by atoms with van der Waals surface area (Å²) in [5.41, 5.74) is 2.70. The van der Waals surface area contributed by atoms with Gasteiger partial charge in [-0.3, -0.25) is 9.59 Å². The molecule has 0 saturated heterocycles. The molecule has 3 aromatic carbocycles. The zero-order valence-electron chi connectivity index (χ0n) is 18.6. The zero-order chi connectivity index (χ0) is 23.6. The lowest BCUT2D eigenvalue weighted by Crippen LogP contribution is -2.51. The topological polar surface area (TPSA) is 49.4 Å². The molecule has 6 heteroatoms. The molecule has 0 spiro atoms. The Balaban J connectivity index is 1.94. The minimum Gasteiger partial charge on any atom is -0.354 e. The average Bonchev–Trinajstić information content (AvgIpc) is 2.81. The van der Waals surface area contributed by atoms with Gasteiger partial charge in [0.25, 0.3) is 0 Å². The molecule has 3 aromatic rings. The van der Waals surface area contributed by atoms with Crippen LogP contribution < -0.4 is 5.32 Å². The number of carbonyl (C=O) groups is 2. The number of rotatable bonds is 10. The number of amides is 2. The number of hydrogen-bond acceptors (Lipinski definition) is 2. The SMILES string of the molecule is CCCNC(=O)C(Cc1ccccc1)N(Cc1ccc(Cl)cc1)C(=O)Cc1cccc(Cl)c1. The maximum atomic E-state index is 13.6. The predicted octanol–water partition coefficient (Wildman–Crippen LogP) is 5.70. The molecule has 3 rings (SSSR count). The average molecular weight is 483 g/mol. The third kappa shape index (κ3) is 7.62. The van der Waals surface area contributed by atoms with E-state index < -0.39 is 6.04 Å². The Bertz CT molecular complexity index is 1060. The van der Waals surface area contributed by atoms with Crippen molar-refractivity contribution in [3.63, 3.8) is 0 Å². The highest BCUT2D eigenvalue weighted by molar-refractivity contribution is 6.30. The number of benzene rings is 3. The van der Waals surface area contributed by atoms with Crippen molar-refractivity contribution in [2.45, 2.75) is 38.8 Å². The summed E-state index contributed by atoms with van der Waals surface area (Å²) >= 11 is 12.2. The van der Waals surface area contributed by atoms with Gasteiger partial charge in [0.2, 0.25) is 11.8 Å². The van der Waals surface area contributed by atoms with Gasteiger partial charge in [-0.2, -0.15) is 0 Å². The van der Waals surface area contributed by atoms with E-state index in [9.17, 15) is 9.59 Å². The van der Waals surface area contributed by atoms with E-state index in [-0.39, 0.29) is 18.2 Å². The Labute approximate surface area is 205 Å². The van der Waals surface area contributed by atoms with Crippen LogP contribution >= 0.6 is 23.2 Å². The molecule has 172 valence electrons. The number of hydrogen-bond donors (Lipinski definition) is 1. The molecule has 1 unspecified atom stereocenters. The van der Waals surface area contributed by atoms with Gasteiger partial charge in [-0.15, -0.1) is 0 Å². The number of nitrogens with one attached hydrogen (secondary N) is 1. The number of nitrogens with zero attached hydrogens (tertiary/aromatic N) is 1. The molecule has 0 aromatic heterocycles. The van der Waals surface area contributed by atoms with E-state index in [1.54, 1.807) is 29.2 Å². The van der Waals surface area contributed by atoms with E-state index in [4.69, 9.17) is 23.2 Å². The fourth-order valence-corrected chi connectivity index (χ4v) is 3.97. The second kappa shape index (κ2) is 12.4. The van der Waals surface area contributed by atoms with Crippen LogP contribution in [-0.4, -0.2) is 29.3 Å². The summed E-state index contributed by atoms with van der Waals surface area (Å²) in [4.78, 5) is 28.5. The first-order valence-corrected chi connectivity index (χ1v) is 11.8. The van der Waals surface area contributed by atoms with Crippen LogP contribution in [0.1, 0.15) is 30.0 Å². The van der Waals surface area contributed by atoms with Crippen molar-refractivity contribution < 1.29 is 9.59 Å². The van der Waals surface area contributed by atoms with Crippen molar-refractivity contribution in [2.75, 3.05) is 6.54 Å². The summed E-state index contributed by atoms with van der Waals surface area (Å²) in [5.74, 6) is -0.297. The second-order valence-electron chi connectivity index (χ2n) is 7.95. The molecule has 0 bridgehead atoms. The third-order valence-electron chi connectivity index (χ3n) is 5.33. The fraction of sp³-hybridized carbons (Fsp3) is 0.259. The highest BCUT2D eigenvalue weighted by Crippen LogP contribution is 2.19. The second-order valence-corrected chi connectivity index (χ2v) is 8.82. The largest absolute Gasteiger partial charge is 0.354 e. The van der Waals surface area contributed by atoms with Gasteiger partial charge in [-0.25, -0.2) is 0 Å². The lowest BCUT2D eigenvalue weighted by molar-refractivity contribution is -0.140. The van der Waals surface area contributed by atoms with Crippen molar-refractivity contribution in [1.82, 2.24) is 10.2 Å². The summed E-state index contributed by atoms with van der Waals surface area (Å²) in [5, 5.41) is 4.18. The van der Waals surface area contributed by atoms with Crippen molar-refractivity contribution in [2.24, 2.45) is 0 Å². The van der Waals surface area contributed by atoms with E-state index in [0.717, 1.165) is 23.1 Å². The van der Waals surface area contributed by atoms with Crippen LogP contribution in [-0.2, 0) is 29.0 Å². The van der Waals surface area contributed by atoms with E-state index in [0.29, 0.717) is 29.6 Å². The molecular formula is C27H28Cl2N2O2. The minimum absolute atomic E-state index is 0.139. The lowest BCUT2D eigenvalue weighted by atomic mass is 10.0. The van der Waals surface area contributed by atoms with Crippen LogP contribution in [0.15, 0.2) is 78.9 Å². The van der Waals surface area contributed by atoms with Gasteiger partial charge >= 0.3 is 0 Å². The van der Waals surface area contributed by atoms with Crippen LogP contribution in [0.5, 0.6) is 0 Å². The molecule has 0 aliphatic carbocycles. The fourth-order valence-electron chi connectivity index (χ4n) is 3.63. The molecule has 0 aliphatic heterocycles. The van der Waals surface area contributed by atoms with Crippen molar-refractivity contribution in [1.29, 1.82) is 0 Å². The smallest absolute Gasteiger partial charge is 0.243 e. The van der Waals surface area contributed by atoms with Gasteiger partial charge in [-0.1, -0.05) is 84.7 Å². The maximum Gasteiger partial charge on any atom is 0.243 e. The molecule has 1 atom stereocenters. The summed E-state index contributed by atoms with van der Waals surface area (Å²) in [6.45, 7) is 2.86. The highest BCUT2D eigenvalue weighted by Gasteiger charge is 2.30. The van der Waals surface area contributed by atoms with Gasteiger partial charge < -0.3 is 10.2 Å². The quantitative estimate of drug-likeness (QED) is 0.402. The molecule has 0 radical (unpaired) electrons. The molecule has 0 aliphatic rings. The monoisotopic (exact) mass is 482 g/mol. The molecule has 4 nitrogen and oxygen atoms in total. The molecule has 2 amide bonds. The van der Waals surface area contributed by atoms with Crippen molar-refractivity contribution in [3.05, 3.63) is 106 Å². The van der Waals surface area contributed by atoms with Gasteiger partial charge in [0.1, 0.15) is 6.04 Å². The Hall–Kier alpha value is -2.82. The first kappa shape index (κ1) is 24.8. The van der Waals surface area contributed by atoms with Crippen LogP contribution in [0.25, 0.3) is 0 Å². The standard InChI is InChI=1S/C27H28Cl2N2O2/c1-2-15-30-27(33)25(17-20-7-4-3-5-8-20)31(19-21-11-13-23(28)14-12-21)26(32)18-22-9-6-10-24(29)16-22/h3-14,16,25H,2,15,17-19H2,1H3,(H,30,33). The normalized spacial score (nSPS) is 11.6. The van der Waals surface area contributed by atoms with E-state index in [1.807, 2.05) is 61.5 Å². The Morgan fingerprint density at radius 1 is 0.848 bits per heavy atom. The molecule has 0 fully saturated rings. The van der Waals surface area contributed by atoms with Crippen LogP contribution in [0.3, 0.4) is 0 Å². The lowest BCUT2D eigenvalue weighted by Gasteiger charge is -2.31. The van der Waals surface area contributed by atoms with Crippen LogP contribution in [0.2, 0.25) is 10.0 Å². The molecule has 33 heavy (non-hydrogen) atoms. The van der Waals surface area contributed by atoms with Crippen molar-refractivity contribution in [3.8, 4) is 0 Å². The van der Waals surface area contributed by atoms with Gasteiger partial charge in [0.05, 0.1) is 6.42 Å². The predicted molar refractivity (Wildman–Crippen MR) is 134 cm³/mol. The van der Waals surface area contributed by atoms with E-state index >= 15 is 0 Å². The van der Waals surface area contributed by atoms with Crippen molar-refractivity contribution >= 4 is 35.0 Å². The summed E-state index contributed by atoms with van der Waals surface area (Å²) in [7, 11) is 0. The van der Waals surface area contributed by atoms with Gasteiger partial charge in [0, 0.05) is 29.6 Å². The number of carbonyl (C=O) groups excluding carboxylic acids is 2. The molecule has 0 saturated carbocycles. The first-order chi connectivity index (χ1) is 16.0. The van der Waals surface area contributed by atoms with Crippen LogP contribution in [0, 0.1) is 0 Å². The van der Waals surface area contributed by atoms with Crippen LogP contribution in [0.4, 0.5) is 0 Å². The van der Waals surface area contributed by atoms with E-state index in [2.05, 4.69) is 5.32 Å². The number of halogens is 2. The maximum absolute atomic E-state index is 13.6. The highest BCUT2D eigenvalue weighted by atomic mass is 35.5. The summed E-state index contributed by atoms with van der Waals surface area (Å²) in [6.07, 6.45) is 1.39.